The average Bonchev–Trinajstić information content (AvgIpc) is 3.38. The molecule has 0 bridgehead atoms. The minimum absolute atomic E-state index is 0.277. The number of hydrogen-bond donors (Lipinski definition) is 0. The maximum Gasteiger partial charge on any atom is 0.104 e. The Morgan fingerprint density at radius 2 is 2.05 bits per heavy atom. The summed E-state index contributed by atoms with van der Waals surface area (Å²) < 4.78 is 21.8. The van der Waals surface area contributed by atoms with Crippen LogP contribution in [-0.2, 0) is 18.9 Å². The van der Waals surface area contributed by atoms with Crippen LogP contribution in [0.2, 0.25) is 0 Å². The summed E-state index contributed by atoms with van der Waals surface area (Å²) in [6.07, 6.45) is 11.1. The fourth-order valence-corrected chi connectivity index (χ4v) is 2.39. The van der Waals surface area contributed by atoms with E-state index in [4.69, 9.17) is 18.9 Å². The zero-order valence-corrected chi connectivity index (χ0v) is 13.4. The van der Waals surface area contributed by atoms with Crippen LogP contribution in [0, 0.1) is 0 Å². The summed E-state index contributed by atoms with van der Waals surface area (Å²) in [6.45, 7) is 6.85. The van der Waals surface area contributed by atoms with Gasteiger partial charge in [-0.25, -0.2) is 0 Å². The molecule has 0 saturated carbocycles. The summed E-state index contributed by atoms with van der Waals surface area (Å²) in [5.74, 6) is 0. The molecule has 3 aliphatic rings. The fourth-order valence-electron chi connectivity index (χ4n) is 2.39. The lowest BCUT2D eigenvalue weighted by Gasteiger charge is -2.25. The van der Waals surface area contributed by atoms with Crippen molar-refractivity contribution in [3.63, 3.8) is 0 Å². The third kappa shape index (κ3) is 4.68. The van der Waals surface area contributed by atoms with Crippen LogP contribution in [-0.4, -0.2) is 69.3 Å². The second-order valence-electron chi connectivity index (χ2n) is 6.13. The van der Waals surface area contributed by atoms with Gasteiger partial charge in [-0.1, -0.05) is 6.08 Å². The molecular weight excluding hydrogens is 282 g/mol. The van der Waals surface area contributed by atoms with Gasteiger partial charge in [0, 0.05) is 25.9 Å². The third-order valence-corrected chi connectivity index (χ3v) is 4.02. The average molecular weight is 307 g/mol. The number of hydrogen-bond acceptors (Lipinski definition) is 5. The molecule has 3 unspecified atom stereocenters. The summed E-state index contributed by atoms with van der Waals surface area (Å²) in [5, 5.41) is 0. The zero-order valence-electron chi connectivity index (χ0n) is 13.4. The standard InChI is InChI=1S/C17H25NO4/c1-17(22-13-16-12-21-16)6-3-4-14(5-7-17)18(8-9-19-2)10-15-11-20-15/h3-7,15-16H,8-13H2,1-2H3. The van der Waals surface area contributed by atoms with Crippen LogP contribution >= 0.6 is 0 Å². The van der Waals surface area contributed by atoms with E-state index in [0.717, 1.165) is 26.3 Å². The Hall–Kier alpha value is -1.14. The van der Waals surface area contributed by atoms with E-state index in [1.54, 1.807) is 7.11 Å². The molecule has 0 N–H and O–H groups in total. The SMILES string of the molecule is COCCN(CC1CO1)C1=CC=CC(C)(OCC2CO2)C=C1. The summed E-state index contributed by atoms with van der Waals surface area (Å²) in [6, 6.07) is 0. The van der Waals surface area contributed by atoms with Gasteiger partial charge in [-0.05, 0) is 31.2 Å². The van der Waals surface area contributed by atoms with Crippen LogP contribution in [0.25, 0.3) is 0 Å². The van der Waals surface area contributed by atoms with Crippen molar-refractivity contribution < 1.29 is 18.9 Å². The minimum Gasteiger partial charge on any atom is -0.383 e. The van der Waals surface area contributed by atoms with Gasteiger partial charge in [0.15, 0.2) is 0 Å². The highest BCUT2D eigenvalue weighted by molar-refractivity contribution is 5.32. The molecule has 5 nitrogen and oxygen atoms in total. The number of methoxy groups -OCH3 is 1. The molecule has 0 aromatic rings. The third-order valence-electron chi connectivity index (χ3n) is 4.02. The first-order chi connectivity index (χ1) is 10.7. The normalized spacial score (nSPS) is 32.5. The highest BCUT2D eigenvalue weighted by Gasteiger charge is 2.29. The molecule has 5 heteroatoms. The molecule has 122 valence electrons. The molecule has 2 heterocycles. The van der Waals surface area contributed by atoms with E-state index < -0.39 is 0 Å². The molecule has 2 aliphatic heterocycles. The summed E-state index contributed by atoms with van der Waals surface area (Å²) in [4.78, 5) is 2.30. The number of epoxide rings is 2. The van der Waals surface area contributed by atoms with Crippen LogP contribution in [0.15, 0.2) is 36.1 Å². The van der Waals surface area contributed by atoms with E-state index in [1.165, 1.54) is 5.70 Å². The smallest absolute Gasteiger partial charge is 0.104 e. The molecule has 0 amide bonds. The molecule has 0 aromatic heterocycles. The van der Waals surface area contributed by atoms with Gasteiger partial charge >= 0.3 is 0 Å². The highest BCUT2D eigenvalue weighted by atomic mass is 16.6. The van der Waals surface area contributed by atoms with E-state index in [0.29, 0.717) is 19.3 Å². The highest BCUT2D eigenvalue weighted by Crippen LogP contribution is 2.24. The minimum atomic E-state index is -0.382. The first-order valence-corrected chi connectivity index (χ1v) is 7.88. The van der Waals surface area contributed by atoms with Gasteiger partial charge in [-0.15, -0.1) is 0 Å². The van der Waals surface area contributed by atoms with Crippen molar-refractivity contribution in [3.8, 4) is 0 Å². The summed E-state index contributed by atoms with van der Waals surface area (Å²) in [7, 11) is 1.73. The Morgan fingerprint density at radius 3 is 2.73 bits per heavy atom. The van der Waals surface area contributed by atoms with Gasteiger partial charge < -0.3 is 23.8 Å². The van der Waals surface area contributed by atoms with E-state index in [1.807, 2.05) is 0 Å². The second kappa shape index (κ2) is 6.96. The molecule has 22 heavy (non-hydrogen) atoms. The van der Waals surface area contributed by atoms with Crippen LogP contribution in [0.5, 0.6) is 0 Å². The van der Waals surface area contributed by atoms with E-state index in [2.05, 4.69) is 42.2 Å². The van der Waals surface area contributed by atoms with Crippen LogP contribution in [0.3, 0.4) is 0 Å². The van der Waals surface area contributed by atoms with Gasteiger partial charge in [0.2, 0.25) is 0 Å². The van der Waals surface area contributed by atoms with Crippen molar-refractivity contribution in [2.45, 2.75) is 24.7 Å². The van der Waals surface area contributed by atoms with E-state index in [-0.39, 0.29) is 11.7 Å². The van der Waals surface area contributed by atoms with Crippen molar-refractivity contribution >= 4 is 0 Å². The fraction of sp³-hybridized carbons (Fsp3) is 0.647. The maximum absolute atomic E-state index is 5.98. The molecule has 1 aliphatic carbocycles. The maximum atomic E-state index is 5.98. The summed E-state index contributed by atoms with van der Waals surface area (Å²) >= 11 is 0. The van der Waals surface area contributed by atoms with Crippen molar-refractivity contribution in [3.05, 3.63) is 36.1 Å². The molecule has 0 spiro atoms. The first kappa shape index (κ1) is 15.7. The van der Waals surface area contributed by atoms with Crippen molar-refractivity contribution in [2.24, 2.45) is 0 Å². The zero-order chi connectivity index (χ0) is 15.4. The van der Waals surface area contributed by atoms with Gasteiger partial charge in [-0.3, -0.25) is 0 Å². The molecule has 0 aromatic carbocycles. The first-order valence-electron chi connectivity index (χ1n) is 7.88. The predicted molar refractivity (Wildman–Crippen MR) is 83.6 cm³/mol. The molecular formula is C17H25NO4. The van der Waals surface area contributed by atoms with Crippen LogP contribution in [0.1, 0.15) is 6.92 Å². The summed E-state index contributed by atoms with van der Waals surface area (Å²) in [5.41, 5.74) is 0.784. The number of allylic oxidation sites excluding steroid dienone is 3. The van der Waals surface area contributed by atoms with Gasteiger partial charge in [0.1, 0.15) is 11.7 Å². The van der Waals surface area contributed by atoms with Crippen LogP contribution in [0.4, 0.5) is 0 Å². The molecule has 3 atom stereocenters. The monoisotopic (exact) mass is 307 g/mol. The number of nitrogens with zero attached hydrogens (tertiary/aromatic N) is 1. The predicted octanol–water partition coefficient (Wildman–Crippen LogP) is 1.52. The Morgan fingerprint density at radius 1 is 1.27 bits per heavy atom. The quantitative estimate of drug-likeness (QED) is 0.604. The lowest BCUT2D eigenvalue weighted by Crippen LogP contribution is -2.30. The lowest BCUT2D eigenvalue weighted by atomic mass is 10.1. The molecule has 0 radical (unpaired) electrons. The Bertz CT molecular complexity index is 465. The van der Waals surface area contributed by atoms with E-state index in [9.17, 15) is 0 Å². The Balaban J connectivity index is 1.61. The lowest BCUT2D eigenvalue weighted by molar-refractivity contribution is 0.0312. The van der Waals surface area contributed by atoms with Crippen molar-refractivity contribution in [2.75, 3.05) is 46.6 Å². The number of rotatable bonds is 9. The Labute approximate surface area is 132 Å². The molecule has 2 fully saturated rings. The Kier molecular flexibility index (Phi) is 4.98. The molecule has 3 rings (SSSR count). The van der Waals surface area contributed by atoms with Gasteiger partial charge in [-0.2, -0.15) is 0 Å². The van der Waals surface area contributed by atoms with Gasteiger partial charge in [0.05, 0.1) is 32.5 Å². The number of ether oxygens (including phenoxy) is 4. The largest absolute Gasteiger partial charge is 0.383 e. The van der Waals surface area contributed by atoms with Crippen LogP contribution < -0.4 is 0 Å². The second-order valence-corrected chi connectivity index (χ2v) is 6.13. The topological polar surface area (TPSA) is 46.8 Å². The van der Waals surface area contributed by atoms with Crippen molar-refractivity contribution in [1.82, 2.24) is 4.90 Å². The molecule has 2 saturated heterocycles. The van der Waals surface area contributed by atoms with Gasteiger partial charge in [0.25, 0.3) is 0 Å². The van der Waals surface area contributed by atoms with Crippen molar-refractivity contribution in [1.29, 1.82) is 0 Å². The van der Waals surface area contributed by atoms with E-state index >= 15 is 0 Å².